The van der Waals surface area contributed by atoms with Gasteiger partial charge in [0.2, 0.25) is 0 Å². The maximum absolute atomic E-state index is 14.5. The number of anilines is 2. The molecule has 0 saturated heterocycles. The summed E-state index contributed by atoms with van der Waals surface area (Å²) in [6.45, 7) is 4.45. The number of rotatable bonds is 7. The van der Waals surface area contributed by atoms with Gasteiger partial charge in [-0.2, -0.15) is 0 Å². The number of ether oxygens (including phenoxy) is 1. The summed E-state index contributed by atoms with van der Waals surface area (Å²) in [5.74, 6) is -1.18. The zero-order valence-electron chi connectivity index (χ0n) is 17.9. The molecule has 0 atom stereocenters. The summed E-state index contributed by atoms with van der Waals surface area (Å²) in [5.41, 5.74) is 2.56. The third-order valence-electron chi connectivity index (χ3n) is 5.26. The zero-order chi connectivity index (χ0) is 22.7. The number of aryl methyl sites for hydroxylation is 1. The van der Waals surface area contributed by atoms with Crippen LogP contribution in [0.2, 0.25) is 0 Å². The number of hydrogen-bond acceptors (Lipinski definition) is 4. The van der Waals surface area contributed by atoms with Crippen molar-refractivity contribution in [3.63, 3.8) is 0 Å². The third kappa shape index (κ3) is 3.99. The number of benzene rings is 3. The molecule has 0 aliphatic carbocycles. The van der Waals surface area contributed by atoms with E-state index >= 15 is 0 Å². The molecule has 3 aromatic rings. The van der Waals surface area contributed by atoms with Crippen LogP contribution < -0.4 is 15.0 Å². The average molecular weight is 430 g/mol. The third-order valence-corrected chi connectivity index (χ3v) is 5.26. The smallest absolute Gasteiger partial charge is 0.282 e. The van der Waals surface area contributed by atoms with E-state index in [0.717, 1.165) is 16.9 Å². The Kier molecular flexibility index (Phi) is 6.03. The van der Waals surface area contributed by atoms with E-state index < -0.39 is 17.6 Å². The number of hydrogen-bond donors (Lipinski definition) is 1. The minimum atomic E-state index is -0.645. The quantitative estimate of drug-likeness (QED) is 0.525. The van der Waals surface area contributed by atoms with Gasteiger partial charge < -0.3 is 10.1 Å². The SMILES string of the molecule is CCOc1ccc(C2=C(Nc3ccc(CC)cc3)C(=O)N(c3ccccc3F)C2=O)cc1. The van der Waals surface area contributed by atoms with E-state index in [9.17, 15) is 14.0 Å². The van der Waals surface area contributed by atoms with E-state index in [1.165, 1.54) is 18.2 Å². The van der Waals surface area contributed by atoms with Crippen molar-refractivity contribution >= 4 is 28.8 Å². The van der Waals surface area contributed by atoms with Crippen molar-refractivity contribution in [3.8, 4) is 5.75 Å². The van der Waals surface area contributed by atoms with Gasteiger partial charge in [0.25, 0.3) is 11.8 Å². The fraction of sp³-hybridized carbons (Fsp3) is 0.154. The van der Waals surface area contributed by atoms with Gasteiger partial charge in [-0.3, -0.25) is 9.59 Å². The highest BCUT2D eigenvalue weighted by Crippen LogP contribution is 2.35. The lowest BCUT2D eigenvalue weighted by molar-refractivity contribution is -0.120. The van der Waals surface area contributed by atoms with Crippen molar-refractivity contribution in [3.05, 3.63) is 95.4 Å². The van der Waals surface area contributed by atoms with E-state index in [-0.39, 0.29) is 17.0 Å². The van der Waals surface area contributed by atoms with Gasteiger partial charge in [0, 0.05) is 5.69 Å². The van der Waals surface area contributed by atoms with Crippen LogP contribution in [0.15, 0.2) is 78.5 Å². The Balaban J connectivity index is 1.78. The molecule has 0 aromatic heterocycles. The van der Waals surface area contributed by atoms with Crippen molar-refractivity contribution in [1.29, 1.82) is 0 Å². The Bertz CT molecular complexity index is 1180. The normalized spacial score (nSPS) is 13.7. The first-order valence-corrected chi connectivity index (χ1v) is 10.5. The van der Waals surface area contributed by atoms with Gasteiger partial charge in [-0.1, -0.05) is 43.3 Å². The van der Waals surface area contributed by atoms with Crippen molar-refractivity contribution in [1.82, 2.24) is 0 Å². The van der Waals surface area contributed by atoms with Gasteiger partial charge in [-0.15, -0.1) is 0 Å². The minimum absolute atomic E-state index is 0.0796. The van der Waals surface area contributed by atoms with Crippen LogP contribution >= 0.6 is 0 Å². The predicted octanol–water partition coefficient (Wildman–Crippen LogP) is 5.18. The first-order valence-electron chi connectivity index (χ1n) is 10.5. The number of halogens is 1. The molecule has 0 spiro atoms. The van der Waals surface area contributed by atoms with Crippen LogP contribution in [0.4, 0.5) is 15.8 Å². The van der Waals surface area contributed by atoms with Gasteiger partial charge in [0.15, 0.2) is 0 Å². The van der Waals surface area contributed by atoms with E-state index in [4.69, 9.17) is 4.74 Å². The van der Waals surface area contributed by atoms with Crippen LogP contribution in [-0.4, -0.2) is 18.4 Å². The van der Waals surface area contributed by atoms with Gasteiger partial charge in [0.1, 0.15) is 17.3 Å². The molecule has 2 amide bonds. The second-order valence-corrected chi connectivity index (χ2v) is 7.28. The molecular weight excluding hydrogens is 407 g/mol. The largest absolute Gasteiger partial charge is 0.494 e. The molecular formula is C26H23FN2O3. The van der Waals surface area contributed by atoms with Gasteiger partial charge >= 0.3 is 0 Å². The highest BCUT2D eigenvalue weighted by Gasteiger charge is 2.41. The first-order chi connectivity index (χ1) is 15.5. The van der Waals surface area contributed by atoms with Gasteiger partial charge in [-0.25, -0.2) is 9.29 Å². The average Bonchev–Trinajstić information content (AvgIpc) is 3.05. The van der Waals surface area contributed by atoms with Crippen molar-refractivity contribution in [2.75, 3.05) is 16.8 Å². The van der Waals surface area contributed by atoms with Gasteiger partial charge in [0.05, 0.1) is 17.9 Å². The summed E-state index contributed by atoms with van der Waals surface area (Å²) in [6, 6.07) is 20.3. The van der Waals surface area contributed by atoms with Crippen molar-refractivity contribution in [2.45, 2.75) is 20.3 Å². The molecule has 0 radical (unpaired) electrons. The summed E-state index contributed by atoms with van der Waals surface area (Å²) >= 11 is 0. The molecule has 1 aliphatic rings. The number of carbonyl (C=O) groups is 2. The van der Waals surface area contributed by atoms with E-state index in [2.05, 4.69) is 12.2 Å². The number of nitrogens with zero attached hydrogens (tertiary/aromatic N) is 1. The van der Waals surface area contributed by atoms with Crippen LogP contribution in [0.25, 0.3) is 5.57 Å². The van der Waals surface area contributed by atoms with Crippen LogP contribution in [0.1, 0.15) is 25.0 Å². The summed E-state index contributed by atoms with van der Waals surface area (Å²) in [6.07, 6.45) is 0.888. The van der Waals surface area contributed by atoms with Crippen LogP contribution in [0.5, 0.6) is 5.75 Å². The van der Waals surface area contributed by atoms with E-state index in [1.807, 2.05) is 31.2 Å². The number of nitrogens with one attached hydrogen (secondary N) is 1. The zero-order valence-corrected chi connectivity index (χ0v) is 17.9. The fourth-order valence-electron chi connectivity index (χ4n) is 3.62. The summed E-state index contributed by atoms with van der Waals surface area (Å²) in [4.78, 5) is 27.6. The lowest BCUT2D eigenvalue weighted by atomic mass is 10.0. The topological polar surface area (TPSA) is 58.6 Å². The number of para-hydroxylation sites is 1. The molecule has 0 unspecified atom stereocenters. The lowest BCUT2D eigenvalue weighted by Gasteiger charge is -2.16. The van der Waals surface area contributed by atoms with Crippen LogP contribution in [-0.2, 0) is 16.0 Å². The van der Waals surface area contributed by atoms with Gasteiger partial charge in [-0.05, 0) is 60.9 Å². The molecule has 0 bridgehead atoms. The molecule has 0 fully saturated rings. The predicted molar refractivity (Wildman–Crippen MR) is 123 cm³/mol. The molecule has 1 N–H and O–H groups in total. The summed E-state index contributed by atoms with van der Waals surface area (Å²) in [5, 5.41) is 3.09. The van der Waals surface area contributed by atoms with Crippen LogP contribution in [0.3, 0.4) is 0 Å². The Labute approximate surface area is 186 Å². The Hall–Kier alpha value is -3.93. The molecule has 1 aliphatic heterocycles. The molecule has 162 valence electrons. The molecule has 1 heterocycles. The first kappa shape index (κ1) is 21.3. The molecule has 32 heavy (non-hydrogen) atoms. The second-order valence-electron chi connectivity index (χ2n) is 7.28. The Morgan fingerprint density at radius 3 is 2.19 bits per heavy atom. The maximum atomic E-state index is 14.5. The summed E-state index contributed by atoms with van der Waals surface area (Å²) in [7, 11) is 0. The standard InChI is InChI=1S/C26H23FN2O3/c1-3-17-9-13-19(14-10-17)28-24-23(18-11-15-20(16-12-18)32-4-2)25(30)29(26(24)31)22-8-6-5-7-21(22)27/h5-16,28H,3-4H2,1-2H3. The Morgan fingerprint density at radius 2 is 1.56 bits per heavy atom. The number of carbonyl (C=O) groups excluding carboxylic acids is 2. The second kappa shape index (κ2) is 9.06. The Morgan fingerprint density at radius 1 is 0.875 bits per heavy atom. The molecule has 3 aromatic carbocycles. The fourth-order valence-corrected chi connectivity index (χ4v) is 3.62. The van der Waals surface area contributed by atoms with Crippen molar-refractivity contribution < 1.29 is 18.7 Å². The molecule has 6 heteroatoms. The maximum Gasteiger partial charge on any atom is 0.282 e. The lowest BCUT2D eigenvalue weighted by Crippen LogP contribution is -2.33. The highest BCUT2D eigenvalue weighted by molar-refractivity contribution is 6.46. The molecule has 4 rings (SSSR count). The van der Waals surface area contributed by atoms with Crippen LogP contribution in [0, 0.1) is 5.82 Å². The van der Waals surface area contributed by atoms with E-state index in [1.54, 1.807) is 30.3 Å². The van der Waals surface area contributed by atoms with E-state index in [0.29, 0.717) is 23.6 Å². The molecule has 0 saturated carbocycles. The highest BCUT2D eigenvalue weighted by atomic mass is 19.1. The summed E-state index contributed by atoms with van der Waals surface area (Å²) < 4.78 is 20.0. The molecule has 5 nitrogen and oxygen atoms in total. The minimum Gasteiger partial charge on any atom is -0.494 e. The number of imide groups is 1. The number of amides is 2. The van der Waals surface area contributed by atoms with Crippen molar-refractivity contribution in [2.24, 2.45) is 0 Å². The monoisotopic (exact) mass is 430 g/mol.